The van der Waals surface area contributed by atoms with Crippen molar-refractivity contribution in [1.82, 2.24) is 4.57 Å². The third-order valence-electron chi connectivity index (χ3n) is 6.99. The molecule has 0 saturated heterocycles. The second-order valence-electron chi connectivity index (χ2n) is 9.39. The Balaban J connectivity index is 1.58. The molecular formula is C33H27N. The van der Waals surface area contributed by atoms with Gasteiger partial charge in [0, 0.05) is 22.1 Å². The van der Waals surface area contributed by atoms with E-state index < -0.39 is 0 Å². The number of allylic oxidation sites excluding steroid dienone is 2. The SMILES string of the molecule is Cc1ccc2c(c1)c1c(n2-c2cccc(-c3ccccc3)c2)C=CC(C)(c2ccccc2)C=C1. The van der Waals surface area contributed by atoms with E-state index in [2.05, 4.69) is 146 Å². The molecule has 1 aromatic heterocycles. The monoisotopic (exact) mass is 437 g/mol. The lowest BCUT2D eigenvalue weighted by molar-refractivity contribution is 0.766. The summed E-state index contributed by atoms with van der Waals surface area (Å²) in [7, 11) is 0. The maximum Gasteiger partial charge on any atom is 0.0541 e. The van der Waals surface area contributed by atoms with E-state index in [0.29, 0.717) is 0 Å². The highest BCUT2D eigenvalue weighted by atomic mass is 15.0. The number of hydrogen-bond donors (Lipinski definition) is 0. The first-order chi connectivity index (χ1) is 16.6. The van der Waals surface area contributed by atoms with Crippen LogP contribution in [0.1, 0.15) is 29.3 Å². The maximum atomic E-state index is 2.41. The third kappa shape index (κ3) is 3.41. The largest absolute Gasteiger partial charge is 0.309 e. The average molecular weight is 438 g/mol. The van der Waals surface area contributed by atoms with Gasteiger partial charge in [-0.25, -0.2) is 0 Å². The number of nitrogens with zero attached hydrogens (tertiary/aromatic N) is 1. The Hall–Kier alpha value is -4.10. The van der Waals surface area contributed by atoms with E-state index in [4.69, 9.17) is 0 Å². The average Bonchev–Trinajstić information content (AvgIpc) is 3.08. The van der Waals surface area contributed by atoms with Crippen LogP contribution in [-0.2, 0) is 5.41 Å². The molecule has 1 aliphatic carbocycles. The molecular weight excluding hydrogens is 410 g/mol. The van der Waals surface area contributed by atoms with Crippen molar-refractivity contribution in [3.8, 4) is 16.8 Å². The highest BCUT2D eigenvalue weighted by Gasteiger charge is 2.25. The lowest BCUT2D eigenvalue weighted by Gasteiger charge is -2.22. The molecule has 1 heteroatoms. The van der Waals surface area contributed by atoms with Gasteiger partial charge in [-0.1, -0.05) is 103 Å². The summed E-state index contributed by atoms with van der Waals surface area (Å²) in [6, 6.07) is 37.0. The van der Waals surface area contributed by atoms with E-state index >= 15 is 0 Å². The molecule has 0 N–H and O–H groups in total. The molecule has 4 aromatic carbocycles. The van der Waals surface area contributed by atoms with Crippen molar-refractivity contribution in [2.24, 2.45) is 0 Å². The smallest absolute Gasteiger partial charge is 0.0541 e. The zero-order chi connectivity index (χ0) is 23.1. The van der Waals surface area contributed by atoms with Crippen LogP contribution < -0.4 is 0 Å². The zero-order valence-electron chi connectivity index (χ0n) is 19.6. The minimum Gasteiger partial charge on any atom is -0.309 e. The van der Waals surface area contributed by atoms with Gasteiger partial charge in [-0.05, 0) is 60.9 Å². The van der Waals surface area contributed by atoms with E-state index in [1.165, 1.54) is 50.1 Å². The lowest BCUT2D eigenvalue weighted by atomic mass is 9.82. The van der Waals surface area contributed by atoms with E-state index in [-0.39, 0.29) is 5.41 Å². The zero-order valence-corrected chi connectivity index (χ0v) is 19.6. The van der Waals surface area contributed by atoms with E-state index in [1.54, 1.807) is 0 Å². The van der Waals surface area contributed by atoms with Crippen molar-refractivity contribution in [2.45, 2.75) is 19.3 Å². The Labute approximate surface area is 201 Å². The molecule has 0 radical (unpaired) electrons. The molecule has 1 atom stereocenters. The van der Waals surface area contributed by atoms with Crippen molar-refractivity contribution in [3.05, 3.63) is 138 Å². The predicted molar refractivity (Wildman–Crippen MR) is 145 cm³/mol. The van der Waals surface area contributed by atoms with E-state index in [1.807, 2.05) is 0 Å². The van der Waals surface area contributed by atoms with Gasteiger partial charge in [0.05, 0.1) is 11.2 Å². The van der Waals surface area contributed by atoms with Gasteiger partial charge in [-0.2, -0.15) is 0 Å². The highest BCUT2D eigenvalue weighted by Crippen LogP contribution is 2.38. The van der Waals surface area contributed by atoms with Gasteiger partial charge in [0.2, 0.25) is 0 Å². The molecule has 6 rings (SSSR count). The fourth-order valence-electron chi connectivity index (χ4n) is 5.08. The Bertz CT molecular complexity index is 1550. The van der Waals surface area contributed by atoms with Crippen molar-refractivity contribution in [2.75, 3.05) is 0 Å². The number of aromatic nitrogens is 1. The topological polar surface area (TPSA) is 4.93 Å². The van der Waals surface area contributed by atoms with Gasteiger partial charge in [-0.3, -0.25) is 0 Å². The second kappa shape index (κ2) is 8.04. The van der Waals surface area contributed by atoms with Crippen LogP contribution >= 0.6 is 0 Å². The number of fused-ring (bicyclic) bond motifs is 3. The Kier molecular flexibility index (Phi) is 4.85. The Morgan fingerprint density at radius 1 is 0.647 bits per heavy atom. The number of aryl methyl sites for hydroxylation is 1. The summed E-state index contributed by atoms with van der Waals surface area (Å²) in [6.45, 7) is 4.46. The molecule has 0 bridgehead atoms. The van der Waals surface area contributed by atoms with Crippen LogP contribution in [0.25, 0.3) is 39.9 Å². The van der Waals surface area contributed by atoms with Crippen LogP contribution in [0.5, 0.6) is 0 Å². The maximum absolute atomic E-state index is 2.41. The van der Waals surface area contributed by atoms with E-state index in [0.717, 1.165) is 0 Å². The standard InChI is InChI=1S/C33H27N/c1-24-16-17-31-30(22-24)29-18-20-33(2,27-13-7-4-8-14-27)21-19-32(29)34(31)28-15-9-12-26(23-28)25-10-5-3-6-11-25/h3-23H,1-2H3. The summed E-state index contributed by atoms with van der Waals surface area (Å²) < 4.78 is 2.41. The molecule has 1 aliphatic rings. The Morgan fingerprint density at radius 2 is 1.35 bits per heavy atom. The highest BCUT2D eigenvalue weighted by molar-refractivity contribution is 5.97. The molecule has 0 fully saturated rings. The predicted octanol–water partition coefficient (Wildman–Crippen LogP) is 8.60. The van der Waals surface area contributed by atoms with Gasteiger partial charge in [0.25, 0.3) is 0 Å². The molecule has 5 aromatic rings. The molecule has 164 valence electrons. The van der Waals surface area contributed by atoms with Crippen molar-refractivity contribution >= 4 is 23.1 Å². The lowest BCUT2D eigenvalue weighted by Crippen LogP contribution is -2.14. The first kappa shape index (κ1) is 20.5. The van der Waals surface area contributed by atoms with Crippen LogP contribution in [0, 0.1) is 6.92 Å². The second-order valence-corrected chi connectivity index (χ2v) is 9.39. The van der Waals surface area contributed by atoms with Crippen molar-refractivity contribution in [1.29, 1.82) is 0 Å². The summed E-state index contributed by atoms with van der Waals surface area (Å²) >= 11 is 0. The Morgan fingerprint density at radius 3 is 2.15 bits per heavy atom. The summed E-state index contributed by atoms with van der Waals surface area (Å²) in [5.74, 6) is 0. The fraction of sp³-hybridized carbons (Fsp3) is 0.0909. The molecule has 34 heavy (non-hydrogen) atoms. The van der Waals surface area contributed by atoms with Crippen LogP contribution in [0.15, 0.2) is 115 Å². The minimum absolute atomic E-state index is 0.160. The van der Waals surface area contributed by atoms with Gasteiger partial charge >= 0.3 is 0 Å². The number of benzene rings is 4. The normalized spacial score (nSPS) is 17.0. The first-order valence-corrected chi connectivity index (χ1v) is 11.9. The summed E-state index contributed by atoms with van der Waals surface area (Å²) in [4.78, 5) is 0. The summed E-state index contributed by atoms with van der Waals surface area (Å²) in [5.41, 5.74) is 9.78. The molecule has 0 amide bonds. The summed E-state index contributed by atoms with van der Waals surface area (Å²) in [5, 5.41) is 1.29. The minimum atomic E-state index is -0.160. The molecule has 1 unspecified atom stereocenters. The molecule has 1 heterocycles. The van der Waals surface area contributed by atoms with E-state index in [9.17, 15) is 0 Å². The van der Waals surface area contributed by atoms with Crippen LogP contribution in [0.3, 0.4) is 0 Å². The number of hydrogen-bond acceptors (Lipinski definition) is 0. The summed E-state index contributed by atoms with van der Waals surface area (Å²) in [6.07, 6.45) is 9.32. The van der Waals surface area contributed by atoms with Gasteiger partial charge in [-0.15, -0.1) is 0 Å². The van der Waals surface area contributed by atoms with Crippen molar-refractivity contribution in [3.63, 3.8) is 0 Å². The van der Waals surface area contributed by atoms with Gasteiger partial charge < -0.3 is 4.57 Å². The third-order valence-corrected chi connectivity index (χ3v) is 6.99. The molecule has 1 nitrogen and oxygen atoms in total. The van der Waals surface area contributed by atoms with Crippen LogP contribution in [-0.4, -0.2) is 4.57 Å². The van der Waals surface area contributed by atoms with Gasteiger partial charge in [0.15, 0.2) is 0 Å². The fourth-order valence-corrected chi connectivity index (χ4v) is 5.08. The number of rotatable bonds is 3. The van der Waals surface area contributed by atoms with Crippen molar-refractivity contribution < 1.29 is 0 Å². The quantitative estimate of drug-likeness (QED) is 0.266. The molecule has 0 saturated carbocycles. The van der Waals surface area contributed by atoms with Crippen LogP contribution in [0.2, 0.25) is 0 Å². The van der Waals surface area contributed by atoms with Gasteiger partial charge in [0.1, 0.15) is 0 Å². The molecule has 0 spiro atoms. The first-order valence-electron chi connectivity index (χ1n) is 11.9. The van der Waals surface area contributed by atoms with Crippen LogP contribution in [0.4, 0.5) is 0 Å². The molecule has 0 aliphatic heterocycles.